The van der Waals surface area contributed by atoms with Gasteiger partial charge in [-0.15, -0.1) is 0 Å². The van der Waals surface area contributed by atoms with Gasteiger partial charge in [-0.3, -0.25) is 9.56 Å². The van der Waals surface area contributed by atoms with Crippen LogP contribution in [0.2, 0.25) is 0 Å². The lowest BCUT2D eigenvalue weighted by atomic mass is 9.93. The summed E-state index contributed by atoms with van der Waals surface area (Å²) in [4.78, 5) is 16.5. The Labute approximate surface area is 220 Å². The average molecular weight is 490 g/mol. The molecule has 0 saturated carbocycles. The quantitative estimate of drug-likeness (QED) is 0.259. The molecule has 0 radical (unpaired) electrons. The van der Waals surface area contributed by atoms with Gasteiger partial charge in [-0.05, 0) is 83.4 Å². The van der Waals surface area contributed by atoms with E-state index in [9.17, 15) is 0 Å². The zero-order valence-electron chi connectivity index (χ0n) is 20.5. The van der Waals surface area contributed by atoms with Gasteiger partial charge < -0.3 is 4.90 Å². The highest BCUT2D eigenvalue weighted by Gasteiger charge is 2.39. The van der Waals surface area contributed by atoms with Crippen LogP contribution >= 0.6 is 0 Å². The maximum Gasteiger partial charge on any atom is 0.145 e. The summed E-state index contributed by atoms with van der Waals surface area (Å²) in [5.74, 6) is 1.11. The van der Waals surface area contributed by atoms with Crippen molar-refractivity contribution in [3.05, 3.63) is 127 Å². The number of benzene rings is 3. The van der Waals surface area contributed by atoms with Gasteiger partial charge in [-0.2, -0.15) is 0 Å². The van der Waals surface area contributed by atoms with E-state index in [2.05, 4.69) is 99.4 Å². The van der Waals surface area contributed by atoms with Crippen molar-refractivity contribution in [2.24, 2.45) is 4.99 Å². The Kier molecular flexibility index (Phi) is 4.58. The SMILES string of the molecule is C1=CC2c3cc(-c4ccc5c(c4)c4cccnc4n5-c4ccccc4)ccc3N(c3ccccn3)C2N=C1. The van der Waals surface area contributed by atoms with Crippen LogP contribution in [0.25, 0.3) is 38.8 Å². The zero-order chi connectivity index (χ0) is 25.1. The molecule has 180 valence electrons. The van der Waals surface area contributed by atoms with E-state index in [4.69, 9.17) is 9.98 Å². The minimum Gasteiger partial charge on any atom is -0.302 e. The molecule has 2 aliphatic heterocycles. The first-order valence-electron chi connectivity index (χ1n) is 12.9. The molecule has 5 heterocycles. The molecule has 0 amide bonds. The van der Waals surface area contributed by atoms with Crippen LogP contribution < -0.4 is 4.90 Å². The molecular formula is C33H23N5. The number of para-hydroxylation sites is 1. The molecule has 3 aromatic carbocycles. The average Bonchev–Trinajstić information content (AvgIpc) is 3.50. The van der Waals surface area contributed by atoms with Crippen LogP contribution in [0.3, 0.4) is 0 Å². The normalized spacial score (nSPS) is 17.7. The highest BCUT2D eigenvalue weighted by Crippen LogP contribution is 2.48. The molecule has 38 heavy (non-hydrogen) atoms. The van der Waals surface area contributed by atoms with Crippen molar-refractivity contribution in [2.45, 2.75) is 12.1 Å². The van der Waals surface area contributed by atoms with E-state index in [0.29, 0.717) is 0 Å². The molecule has 0 saturated heterocycles. The second-order valence-corrected chi connectivity index (χ2v) is 9.73. The van der Waals surface area contributed by atoms with Crippen molar-refractivity contribution in [1.29, 1.82) is 0 Å². The standard InChI is InChI=1S/C33H23N5/c1-2-8-24(9-3-1)37-29-15-13-22(20-27(29)25-10-6-18-35-32(25)37)23-14-16-30-28(21-23)26-11-7-19-36-33(26)38(30)31-12-4-5-17-34-31/h1-21,26,33H. The van der Waals surface area contributed by atoms with Crippen LogP contribution in [-0.2, 0) is 0 Å². The Hall–Kier alpha value is -5.03. The summed E-state index contributed by atoms with van der Waals surface area (Å²) in [6.45, 7) is 0. The van der Waals surface area contributed by atoms with Gasteiger partial charge in [0.25, 0.3) is 0 Å². The van der Waals surface area contributed by atoms with E-state index >= 15 is 0 Å². The number of nitrogens with zero attached hydrogens (tertiary/aromatic N) is 5. The van der Waals surface area contributed by atoms with Crippen molar-refractivity contribution in [1.82, 2.24) is 14.5 Å². The monoisotopic (exact) mass is 489 g/mol. The Balaban J connectivity index is 1.29. The summed E-state index contributed by atoms with van der Waals surface area (Å²) in [5.41, 5.74) is 8.06. The van der Waals surface area contributed by atoms with Gasteiger partial charge in [0.05, 0.1) is 5.52 Å². The first-order chi connectivity index (χ1) is 18.9. The third kappa shape index (κ3) is 3.08. The lowest BCUT2D eigenvalue weighted by molar-refractivity contribution is 0.654. The first-order valence-corrected chi connectivity index (χ1v) is 12.9. The van der Waals surface area contributed by atoms with Gasteiger partial charge in [0, 0.05) is 46.7 Å². The summed E-state index contributed by atoms with van der Waals surface area (Å²) in [7, 11) is 0. The number of anilines is 2. The number of aliphatic imine (C=N–C) groups is 1. The summed E-state index contributed by atoms with van der Waals surface area (Å²) >= 11 is 0. The summed E-state index contributed by atoms with van der Waals surface area (Å²) in [5, 5.41) is 2.35. The smallest absolute Gasteiger partial charge is 0.145 e. The van der Waals surface area contributed by atoms with Crippen LogP contribution in [-0.4, -0.2) is 26.9 Å². The van der Waals surface area contributed by atoms with Gasteiger partial charge in [-0.1, -0.05) is 42.5 Å². The van der Waals surface area contributed by atoms with Crippen molar-refractivity contribution in [3.63, 3.8) is 0 Å². The fourth-order valence-electron chi connectivity index (χ4n) is 5.97. The molecule has 8 rings (SSSR count). The molecule has 0 N–H and O–H groups in total. The van der Waals surface area contributed by atoms with Gasteiger partial charge in [0.15, 0.2) is 0 Å². The fourth-order valence-corrected chi connectivity index (χ4v) is 5.97. The molecule has 0 aliphatic carbocycles. The molecule has 3 aromatic heterocycles. The Morgan fingerprint density at radius 1 is 0.684 bits per heavy atom. The molecule has 5 heteroatoms. The number of dihydropyridines is 1. The van der Waals surface area contributed by atoms with Gasteiger partial charge in [-0.25, -0.2) is 9.97 Å². The molecule has 2 unspecified atom stereocenters. The zero-order valence-corrected chi connectivity index (χ0v) is 20.5. The molecule has 0 bridgehead atoms. The predicted octanol–water partition coefficient (Wildman–Crippen LogP) is 7.44. The number of hydrogen-bond donors (Lipinski definition) is 0. The van der Waals surface area contributed by atoms with Crippen molar-refractivity contribution < 1.29 is 0 Å². The Bertz CT molecular complexity index is 1890. The summed E-state index contributed by atoms with van der Waals surface area (Å²) in [6.07, 6.45) is 9.90. The molecule has 2 aliphatic rings. The lowest BCUT2D eigenvalue weighted by Gasteiger charge is -2.26. The van der Waals surface area contributed by atoms with E-state index < -0.39 is 0 Å². The molecule has 2 atom stereocenters. The molecular weight excluding hydrogens is 466 g/mol. The first kappa shape index (κ1) is 21.1. The van der Waals surface area contributed by atoms with E-state index in [-0.39, 0.29) is 12.1 Å². The molecule has 0 fully saturated rings. The van der Waals surface area contributed by atoms with Crippen LogP contribution in [0.4, 0.5) is 11.5 Å². The fraction of sp³-hybridized carbons (Fsp3) is 0.0606. The molecule has 0 spiro atoms. The number of aromatic nitrogens is 3. The van der Waals surface area contributed by atoms with E-state index in [1.807, 2.05) is 42.9 Å². The highest BCUT2D eigenvalue weighted by atomic mass is 15.3. The van der Waals surface area contributed by atoms with Gasteiger partial charge in [0.2, 0.25) is 0 Å². The van der Waals surface area contributed by atoms with E-state index in [0.717, 1.165) is 33.7 Å². The van der Waals surface area contributed by atoms with E-state index in [1.165, 1.54) is 22.1 Å². The number of allylic oxidation sites excluding steroid dienone is 1. The summed E-state index contributed by atoms with van der Waals surface area (Å²) in [6, 6.07) is 34.2. The number of pyridine rings is 2. The van der Waals surface area contributed by atoms with Gasteiger partial charge in [0.1, 0.15) is 17.6 Å². The second-order valence-electron chi connectivity index (χ2n) is 9.73. The van der Waals surface area contributed by atoms with Gasteiger partial charge >= 0.3 is 0 Å². The summed E-state index contributed by atoms with van der Waals surface area (Å²) < 4.78 is 2.25. The third-order valence-electron chi connectivity index (χ3n) is 7.65. The lowest BCUT2D eigenvalue weighted by Crippen LogP contribution is -2.29. The van der Waals surface area contributed by atoms with E-state index in [1.54, 1.807) is 0 Å². The second kappa shape index (κ2) is 8.25. The van der Waals surface area contributed by atoms with Crippen LogP contribution in [0.5, 0.6) is 0 Å². The predicted molar refractivity (Wildman–Crippen MR) is 155 cm³/mol. The van der Waals surface area contributed by atoms with Crippen molar-refractivity contribution in [2.75, 3.05) is 4.90 Å². The number of fused-ring (bicyclic) bond motifs is 6. The minimum atomic E-state index is -0.0162. The van der Waals surface area contributed by atoms with Crippen molar-refractivity contribution >= 4 is 39.7 Å². The Morgan fingerprint density at radius 2 is 1.53 bits per heavy atom. The van der Waals surface area contributed by atoms with Crippen LogP contribution in [0, 0.1) is 0 Å². The Morgan fingerprint density at radius 3 is 2.42 bits per heavy atom. The highest BCUT2D eigenvalue weighted by molar-refractivity contribution is 6.09. The van der Waals surface area contributed by atoms with Crippen LogP contribution in [0.1, 0.15) is 11.5 Å². The molecule has 5 nitrogen and oxygen atoms in total. The molecule has 6 aromatic rings. The van der Waals surface area contributed by atoms with Crippen LogP contribution in [0.15, 0.2) is 127 Å². The minimum absolute atomic E-state index is 0.0162. The van der Waals surface area contributed by atoms with Crippen molar-refractivity contribution in [3.8, 4) is 16.8 Å². The topological polar surface area (TPSA) is 46.3 Å². The maximum atomic E-state index is 4.84. The maximum absolute atomic E-state index is 4.84. The largest absolute Gasteiger partial charge is 0.302 e. The number of rotatable bonds is 3. The third-order valence-corrected chi connectivity index (χ3v) is 7.65. The number of hydrogen-bond acceptors (Lipinski definition) is 4.